The number of hydrogen-bond acceptors (Lipinski definition) is 6. The van der Waals surface area contributed by atoms with E-state index in [1.54, 1.807) is 29.8 Å². The molecule has 5 rings (SSSR count). The molecule has 0 spiro atoms. The Bertz CT molecular complexity index is 1550. The third kappa shape index (κ3) is 4.31. The van der Waals surface area contributed by atoms with Crippen molar-refractivity contribution in [2.75, 3.05) is 17.7 Å². The standard InChI is InChI=1S/C24H17F3N6O2/c1-35-17-11-9-14(10-12-17)21-30-31-22-19-8-3-2-7-18(19)20(32-33(21)22)28-15-5-4-6-16(13-15)29-23(34)24(25,26)27/h2-13H,1H3,(H,28,32)(H,29,34). The number of nitrogens with one attached hydrogen (secondary N) is 2. The van der Waals surface area contributed by atoms with Gasteiger partial charge in [0.25, 0.3) is 0 Å². The molecular weight excluding hydrogens is 461 g/mol. The number of carbonyl (C=O) groups excluding carboxylic acids is 1. The molecule has 0 saturated heterocycles. The summed E-state index contributed by atoms with van der Waals surface area (Å²) in [7, 11) is 1.58. The van der Waals surface area contributed by atoms with E-state index in [1.165, 1.54) is 18.2 Å². The molecule has 0 aliphatic rings. The van der Waals surface area contributed by atoms with Crippen molar-refractivity contribution in [3.63, 3.8) is 0 Å². The Kier molecular flexibility index (Phi) is 5.44. The predicted octanol–water partition coefficient (Wildman–Crippen LogP) is 5.20. The molecule has 5 aromatic rings. The SMILES string of the molecule is COc1ccc(-c2nnc3c4ccccc4c(Nc4cccc(NC(=O)C(F)(F)F)c4)nn23)cc1. The Morgan fingerprint density at radius 2 is 1.63 bits per heavy atom. The lowest BCUT2D eigenvalue weighted by atomic mass is 10.1. The van der Waals surface area contributed by atoms with Crippen LogP contribution in [0.3, 0.4) is 0 Å². The smallest absolute Gasteiger partial charge is 0.471 e. The third-order valence-electron chi connectivity index (χ3n) is 5.25. The maximum Gasteiger partial charge on any atom is 0.471 e. The number of hydrogen-bond donors (Lipinski definition) is 2. The second kappa shape index (κ2) is 8.60. The number of fused-ring (bicyclic) bond motifs is 3. The molecule has 2 N–H and O–H groups in total. The molecule has 2 aromatic heterocycles. The van der Waals surface area contributed by atoms with E-state index >= 15 is 0 Å². The number of anilines is 3. The minimum Gasteiger partial charge on any atom is -0.497 e. The summed E-state index contributed by atoms with van der Waals surface area (Å²) in [6, 6.07) is 20.6. The zero-order chi connectivity index (χ0) is 24.6. The molecule has 176 valence electrons. The Morgan fingerprint density at radius 1 is 0.914 bits per heavy atom. The highest BCUT2D eigenvalue weighted by Gasteiger charge is 2.38. The lowest BCUT2D eigenvalue weighted by Crippen LogP contribution is -2.29. The van der Waals surface area contributed by atoms with Crippen LogP contribution >= 0.6 is 0 Å². The van der Waals surface area contributed by atoms with Crippen LogP contribution in [0.2, 0.25) is 0 Å². The van der Waals surface area contributed by atoms with Crippen molar-refractivity contribution < 1.29 is 22.7 Å². The number of ether oxygens (including phenoxy) is 1. The fourth-order valence-corrected chi connectivity index (χ4v) is 3.61. The Hall–Kier alpha value is -4.67. The lowest BCUT2D eigenvalue weighted by Gasteiger charge is -2.12. The molecule has 0 radical (unpaired) electrons. The molecule has 35 heavy (non-hydrogen) atoms. The average molecular weight is 478 g/mol. The Labute approximate surface area is 196 Å². The van der Waals surface area contributed by atoms with Crippen LogP contribution in [0.25, 0.3) is 27.8 Å². The average Bonchev–Trinajstić information content (AvgIpc) is 3.28. The van der Waals surface area contributed by atoms with Gasteiger partial charge in [-0.05, 0) is 42.5 Å². The molecule has 0 atom stereocenters. The van der Waals surface area contributed by atoms with Gasteiger partial charge in [0.2, 0.25) is 0 Å². The quantitative estimate of drug-likeness (QED) is 0.361. The summed E-state index contributed by atoms with van der Waals surface area (Å²) in [5, 5.41) is 19.8. The Morgan fingerprint density at radius 3 is 2.34 bits per heavy atom. The molecule has 0 fully saturated rings. The van der Waals surface area contributed by atoms with Gasteiger partial charge in [-0.1, -0.05) is 30.3 Å². The van der Waals surface area contributed by atoms with Crippen molar-refractivity contribution in [1.29, 1.82) is 0 Å². The van der Waals surface area contributed by atoms with Gasteiger partial charge in [0.15, 0.2) is 17.3 Å². The van der Waals surface area contributed by atoms with E-state index in [4.69, 9.17) is 4.74 Å². The maximum absolute atomic E-state index is 12.6. The van der Waals surface area contributed by atoms with Crippen molar-refractivity contribution in [3.05, 3.63) is 72.8 Å². The first-order chi connectivity index (χ1) is 16.8. The summed E-state index contributed by atoms with van der Waals surface area (Å²) in [6.07, 6.45) is -4.99. The van der Waals surface area contributed by atoms with E-state index in [9.17, 15) is 18.0 Å². The molecule has 0 unspecified atom stereocenters. The molecule has 11 heteroatoms. The normalized spacial score (nSPS) is 11.5. The number of alkyl halides is 3. The number of rotatable bonds is 5. The van der Waals surface area contributed by atoms with Gasteiger partial charge in [-0.2, -0.15) is 17.7 Å². The van der Waals surface area contributed by atoms with Gasteiger partial charge < -0.3 is 15.4 Å². The topological polar surface area (TPSA) is 93.4 Å². The highest BCUT2D eigenvalue weighted by atomic mass is 19.4. The summed E-state index contributed by atoms with van der Waals surface area (Å²) in [4.78, 5) is 11.3. The minimum absolute atomic E-state index is 0.00840. The molecule has 0 aliphatic carbocycles. The second-order valence-electron chi connectivity index (χ2n) is 7.54. The van der Waals surface area contributed by atoms with E-state index in [0.29, 0.717) is 28.7 Å². The molecule has 8 nitrogen and oxygen atoms in total. The maximum atomic E-state index is 12.6. The van der Waals surface area contributed by atoms with Crippen LogP contribution in [-0.2, 0) is 4.79 Å². The van der Waals surface area contributed by atoms with Gasteiger partial charge in [0.05, 0.1) is 7.11 Å². The zero-order valence-electron chi connectivity index (χ0n) is 18.2. The second-order valence-corrected chi connectivity index (χ2v) is 7.54. The van der Waals surface area contributed by atoms with Crippen LogP contribution in [0.1, 0.15) is 0 Å². The van der Waals surface area contributed by atoms with Gasteiger partial charge in [-0.15, -0.1) is 15.3 Å². The molecule has 0 saturated carbocycles. The lowest BCUT2D eigenvalue weighted by molar-refractivity contribution is -0.167. The van der Waals surface area contributed by atoms with E-state index in [2.05, 4.69) is 20.6 Å². The van der Waals surface area contributed by atoms with Gasteiger partial charge >= 0.3 is 12.1 Å². The van der Waals surface area contributed by atoms with Crippen molar-refractivity contribution in [2.24, 2.45) is 0 Å². The highest BCUT2D eigenvalue weighted by molar-refractivity contribution is 6.01. The van der Waals surface area contributed by atoms with E-state index in [1.807, 2.05) is 41.7 Å². The number of carbonyl (C=O) groups is 1. The van der Waals surface area contributed by atoms with Crippen LogP contribution in [0.5, 0.6) is 5.75 Å². The van der Waals surface area contributed by atoms with Gasteiger partial charge in [0.1, 0.15) is 5.75 Å². The summed E-state index contributed by atoms with van der Waals surface area (Å²) >= 11 is 0. The molecule has 0 aliphatic heterocycles. The first-order valence-electron chi connectivity index (χ1n) is 10.4. The number of amides is 1. The van der Waals surface area contributed by atoms with Crippen molar-refractivity contribution in [1.82, 2.24) is 19.8 Å². The summed E-state index contributed by atoms with van der Waals surface area (Å²) in [5.41, 5.74) is 1.74. The fourth-order valence-electron chi connectivity index (χ4n) is 3.61. The van der Waals surface area contributed by atoms with Crippen LogP contribution in [0.4, 0.5) is 30.4 Å². The molecule has 2 heterocycles. The Balaban J connectivity index is 1.57. The monoisotopic (exact) mass is 478 g/mol. The highest BCUT2D eigenvalue weighted by Crippen LogP contribution is 2.30. The van der Waals surface area contributed by atoms with Crippen LogP contribution < -0.4 is 15.4 Å². The van der Waals surface area contributed by atoms with Gasteiger partial charge in [0, 0.05) is 27.7 Å². The largest absolute Gasteiger partial charge is 0.497 e. The zero-order valence-corrected chi connectivity index (χ0v) is 18.2. The summed E-state index contributed by atoms with van der Waals surface area (Å²) < 4.78 is 44.7. The number of halogens is 3. The minimum atomic E-state index is -4.99. The predicted molar refractivity (Wildman–Crippen MR) is 125 cm³/mol. The first kappa shape index (κ1) is 22.1. The molecule has 0 bridgehead atoms. The number of benzene rings is 3. The summed E-state index contributed by atoms with van der Waals surface area (Å²) in [6.45, 7) is 0. The third-order valence-corrected chi connectivity index (χ3v) is 5.25. The summed E-state index contributed by atoms with van der Waals surface area (Å²) in [5.74, 6) is -0.418. The first-order valence-corrected chi connectivity index (χ1v) is 10.4. The van der Waals surface area contributed by atoms with Gasteiger partial charge in [-0.25, -0.2) is 0 Å². The molecule has 1 amide bonds. The number of methoxy groups -OCH3 is 1. The van der Waals surface area contributed by atoms with Crippen molar-refractivity contribution in [3.8, 4) is 17.1 Å². The number of nitrogens with zero attached hydrogens (tertiary/aromatic N) is 4. The van der Waals surface area contributed by atoms with Crippen LogP contribution in [0, 0.1) is 0 Å². The molecule has 3 aromatic carbocycles. The van der Waals surface area contributed by atoms with Crippen molar-refractivity contribution in [2.45, 2.75) is 6.18 Å². The van der Waals surface area contributed by atoms with E-state index in [0.717, 1.165) is 16.3 Å². The van der Waals surface area contributed by atoms with Crippen LogP contribution in [0.15, 0.2) is 72.8 Å². The fraction of sp³-hybridized carbons (Fsp3) is 0.0833. The van der Waals surface area contributed by atoms with E-state index < -0.39 is 12.1 Å². The van der Waals surface area contributed by atoms with Crippen molar-refractivity contribution >= 4 is 39.5 Å². The van der Waals surface area contributed by atoms with Gasteiger partial charge in [-0.3, -0.25) is 4.79 Å². The molecular formula is C24H17F3N6O2. The van der Waals surface area contributed by atoms with E-state index in [-0.39, 0.29) is 5.69 Å². The van der Waals surface area contributed by atoms with Crippen LogP contribution in [-0.4, -0.2) is 39.0 Å². The number of aromatic nitrogens is 4.